The molecule has 3 heterocycles. The smallest absolute Gasteiger partial charge is 0.183 e. The maximum atomic E-state index is 4.69. The lowest BCUT2D eigenvalue weighted by Gasteiger charge is -2.25. The molecule has 0 unspecified atom stereocenters. The Kier molecular flexibility index (Phi) is 5.21. The van der Waals surface area contributed by atoms with Crippen LogP contribution in [0.25, 0.3) is 22.3 Å². The van der Waals surface area contributed by atoms with E-state index in [2.05, 4.69) is 52.0 Å². The molecule has 2 aromatic heterocycles. The van der Waals surface area contributed by atoms with Crippen molar-refractivity contribution in [2.75, 3.05) is 19.6 Å². The van der Waals surface area contributed by atoms with Gasteiger partial charge in [0.15, 0.2) is 5.82 Å². The monoisotopic (exact) mass is 345 g/mol. The first kappa shape index (κ1) is 17.0. The first-order valence-electron chi connectivity index (χ1n) is 8.47. The number of aryl methyl sites for hydroxylation is 1. The molecule has 0 amide bonds. The lowest BCUT2D eigenvalue weighted by atomic mass is 10.1. The fourth-order valence-corrected chi connectivity index (χ4v) is 3.47. The molecule has 24 heavy (non-hydrogen) atoms. The number of piperidine rings is 1. The van der Waals surface area contributed by atoms with E-state index in [9.17, 15) is 0 Å². The topological polar surface area (TPSA) is 38.9 Å². The SMILES string of the molecule is Cl.Cn1cc(-c2ncn(CCN3CCCCC3)n2)c2ccccc21. The van der Waals surface area contributed by atoms with Gasteiger partial charge in [-0.1, -0.05) is 24.6 Å². The van der Waals surface area contributed by atoms with Crippen molar-refractivity contribution in [3.05, 3.63) is 36.8 Å². The summed E-state index contributed by atoms with van der Waals surface area (Å²) in [6, 6.07) is 8.40. The van der Waals surface area contributed by atoms with Gasteiger partial charge in [-0.05, 0) is 32.0 Å². The number of halogens is 1. The maximum absolute atomic E-state index is 4.69. The van der Waals surface area contributed by atoms with Crippen molar-refractivity contribution in [1.82, 2.24) is 24.2 Å². The minimum Gasteiger partial charge on any atom is -0.350 e. The van der Waals surface area contributed by atoms with Crippen LogP contribution in [-0.2, 0) is 13.6 Å². The fraction of sp³-hybridized carbons (Fsp3) is 0.444. The zero-order valence-electron chi connectivity index (χ0n) is 14.1. The van der Waals surface area contributed by atoms with Gasteiger partial charge in [0.25, 0.3) is 0 Å². The molecule has 6 heteroatoms. The quantitative estimate of drug-likeness (QED) is 0.728. The third-order valence-electron chi connectivity index (χ3n) is 4.77. The maximum Gasteiger partial charge on any atom is 0.183 e. The summed E-state index contributed by atoms with van der Waals surface area (Å²) in [5.41, 5.74) is 2.33. The molecule has 0 atom stereocenters. The highest BCUT2D eigenvalue weighted by Gasteiger charge is 2.13. The predicted molar refractivity (Wildman–Crippen MR) is 99.5 cm³/mol. The van der Waals surface area contributed by atoms with E-state index in [0.717, 1.165) is 24.5 Å². The number of aromatic nitrogens is 4. The molecular weight excluding hydrogens is 322 g/mol. The van der Waals surface area contributed by atoms with Crippen LogP contribution in [0.1, 0.15) is 19.3 Å². The van der Waals surface area contributed by atoms with Crippen LogP contribution in [0, 0.1) is 0 Å². The van der Waals surface area contributed by atoms with Crippen molar-refractivity contribution in [3.63, 3.8) is 0 Å². The number of rotatable bonds is 4. The Labute approximate surface area is 148 Å². The lowest BCUT2D eigenvalue weighted by molar-refractivity contribution is 0.218. The van der Waals surface area contributed by atoms with Gasteiger partial charge in [0.1, 0.15) is 6.33 Å². The summed E-state index contributed by atoms with van der Waals surface area (Å²) in [4.78, 5) is 7.06. The summed E-state index contributed by atoms with van der Waals surface area (Å²) in [6.45, 7) is 4.44. The van der Waals surface area contributed by atoms with Crippen LogP contribution in [0.15, 0.2) is 36.8 Å². The highest BCUT2D eigenvalue weighted by Crippen LogP contribution is 2.27. The Morgan fingerprint density at radius 2 is 1.83 bits per heavy atom. The van der Waals surface area contributed by atoms with Crippen LogP contribution in [-0.4, -0.2) is 43.9 Å². The van der Waals surface area contributed by atoms with Crippen molar-refractivity contribution in [1.29, 1.82) is 0 Å². The molecule has 0 N–H and O–H groups in total. The van der Waals surface area contributed by atoms with Crippen LogP contribution >= 0.6 is 12.4 Å². The number of likely N-dealkylation sites (tertiary alicyclic amines) is 1. The van der Waals surface area contributed by atoms with Gasteiger partial charge in [-0.25, -0.2) is 4.98 Å². The first-order valence-corrected chi connectivity index (χ1v) is 8.47. The Hall–Kier alpha value is -1.85. The zero-order chi connectivity index (χ0) is 15.6. The molecule has 3 aromatic rings. The number of nitrogens with zero attached hydrogens (tertiary/aromatic N) is 5. The van der Waals surface area contributed by atoms with Gasteiger partial charge in [0, 0.05) is 36.3 Å². The second-order valence-electron chi connectivity index (χ2n) is 6.40. The Balaban J connectivity index is 0.00000169. The summed E-state index contributed by atoms with van der Waals surface area (Å²) in [6.07, 6.45) is 8.03. The van der Waals surface area contributed by atoms with E-state index >= 15 is 0 Å². The molecular formula is C18H24ClN5. The van der Waals surface area contributed by atoms with Crippen molar-refractivity contribution in [2.45, 2.75) is 25.8 Å². The largest absolute Gasteiger partial charge is 0.350 e. The Bertz CT molecular complexity index is 801. The van der Waals surface area contributed by atoms with Crippen LogP contribution in [0.3, 0.4) is 0 Å². The summed E-state index contributed by atoms with van der Waals surface area (Å²) in [5, 5.41) is 5.91. The summed E-state index contributed by atoms with van der Waals surface area (Å²) < 4.78 is 4.12. The third-order valence-corrected chi connectivity index (χ3v) is 4.77. The van der Waals surface area contributed by atoms with Crippen LogP contribution < -0.4 is 0 Å². The molecule has 1 fully saturated rings. The highest BCUT2D eigenvalue weighted by molar-refractivity contribution is 5.94. The van der Waals surface area contributed by atoms with Crippen LogP contribution in [0.5, 0.6) is 0 Å². The molecule has 4 rings (SSSR count). The van der Waals surface area contributed by atoms with Crippen molar-refractivity contribution >= 4 is 23.3 Å². The van der Waals surface area contributed by atoms with Crippen molar-refractivity contribution < 1.29 is 0 Å². The molecule has 0 bridgehead atoms. The number of fused-ring (bicyclic) bond motifs is 1. The normalized spacial score (nSPS) is 15.5. The van der Waals surface area contributed by atoms with E-state index in [1.165, 1.54) is 43.3 Å². The molecule has 0 radical (unpaired) electrons. The predicted octanol–water partition coefficient (Wildman–Crippen LogP) is 3.34. The minimum atomic E-state index is 0. The first-order chi connectivity index (χ1) is 11.3. The molecule has 1 saturated heterocycles. The molecule has 5 nitrogen and oxygen atoms in total. The standard InChI is InChI=1S/C18H23N5.ClH/c1-21-13-16(15-7-3-4-8-17(15)21)18-19-14-23(20-18)12-11-22-9-5-2-6-10-22;/h3-4,7-8,13-14H,2,5-6,9-12H2,1H3;1H. The molecule has 0 aliphatic carbocycles. The van der Waals surface area contributed by atoms with E-state index in [0.29, 0.717) is 0 Å². The average Bonchev–Trinajstić information content (AvgIpc) is 3.19. The minimum absolute atomic E-state index is 0. The van der Waals surface area contributed by atoms with E-state index in [1.807, 2.05) is 11.0 Å². The van der Waals surface area contributed by atoms with Crippen molar-refractivity contribution in [3.8, 4) is 11.4 Å². The number of hydrogen-bond acceptors (Lipinski definition) is 3. The van der Waals surface area contributed by atoms with Gasteiger partial charge in [-0.2, -0.15) is 5.10 Å². The van der Waals surface area contributed by atoms with Gasteiger partial charge >= 0.3 is 0 Å². The molecule has 1 aromatic carbocycles. The van der Waals surface area contributed by atoms with E-state index in [-0.39, 0.29) is 12.4 Å². The van der Waals surface area contributed by atoms with E-state index < -0.39 is 0 Å². The molecule has 1 aliphatic heterocycles. The highest BCUT2D eigenvalue weighted by atomic mass is 35.5. The second-order valence-corrected chi connectivity index (χ2v) is 6.40. The van der Waals surface area contributed by atoms with Gasteiger partial charge in [0.2, 0.25) is 0 Å². The summed E-state index contributed by atoms with van der Waals surface area (Å²) in [7, 11) is 2.07. The summed E-state index contributed by atoms with van der Waals surface area (Å²) >= 11 is 0. The molecule has 0 saturated carbocycles. The van der Waals surface area contributed by atoms with Crippen LogP contribution in [0.2, 0.25) is 0 Å². The number of para-hydroxylation sites is 1. The molecule has 128 valence electrons. The number of hydrogen-bond donors (Lipinski definition) is 0. The second kappa shape index (κ2) is 7.36. The Morgan fingerprint density at radius 3 is 2.67 bits per heavy atom. The summed E-state index contributed by atoms with van der Waals surface area (Å²) in [5.74, 6) is 0.820. The molecule has 0 spiro atoms. The molecule has 1 aliphatic rings. The van der Waals surface area contributed by atoms with E-state index in [1.54, 1.807) is 0 Å². The van der Waals surface area contributed by atoms with Crippen molar-refractivity contribution in [2.24, 2.45) is 7.05 Å². The van der Waals surface area contributed by atoms with Crippen LogP contribution in [0.4, 0.5) is 0 Å². The van der Waals surface area contributed by atoms with Gasteiger partial charge < -0.3 is 9.47 Å². The van der Waals surface area contributed by atoms with Gasteiger partial charge in [-0.3, -0.25) is 4.68 Å². The Morgan fingerprint density at radius 1 is 1.04 bits per heavy atom. The number of benzene rings is 1. The fourth-order valence-electron chi connectivity index (χ4n) is 3.47. The van der Waals surface area contributed by atoms with E-state index in [4.69, 9.17) is 5.10 Å². The third kappa shape index (κ3) is 3.32. The average molecular weight is 346 g/mol. The lowest BCUT2D eigenvalue weighted by Crippen LogP contribution is -2.32. The zero-order valence-corrected chi connectivity index (χ0v) is 14.9. The van der Waals surface area contributed by atoms with Gasteiger partial charge in [0.05, 0.1) is 6.54 Å². The van der Waals surface area contributed by atoms with Gasteiger partial charge in [-0.15, -0.1) is 12.4 Å².